The summed E-state index contributed by atoms with van der Waals surface area (Å²) >= 11 is 0. The Labute approximate surface area is 112 Å². The van der Waals surface area contributed by atoms with E-state index >= 15 is 0 Å². The molecular weight excluding hydrogens is 240 g/mol. The van der Waals surface area contributed by atoms with Crippen molar-refractivity contribution in [2.24, 2.45) is 18.7 Å². The van der Waals surface area contributed by atoms with Gasteiger partial charge in [0.05, 0.1) is 17.4 Å². The fourth-order valence-corrected chi connectivity index (χ4v) is 1.95. The van der Waals surface area contributed by atoms with Crippen molar-refractivity contribution in [3.63, 3.8) is 0 Å². The summed E-state index contributed by atoms with van der Waals surface area (Å²) in [5.41, 5.74) is 8.72. The number of carbonyl (C=O) groups excluding carboxylic acids is 1. The minimum absolute atomic E-state index is 0.0152. The molecular formula is C14H20N4O. The van der Waals surface area contributed by atoms with Gasteiger partial charge >= 0.3 is 0 Å². The van der Waals surface area contributed by atoms with E-state index in [0.29, 0.717) is 13.1 Å². The minimum Gasteiger partial charge on any atom is -0.355 e. The molecule has 1 amide bonds. The lowest BCUT2D eigenvalue weighted by Crippen LogP contribution is -2.34. The van der Waals surface area contributed by atoms with Crippen LogP contribution in [0.1, 0.15) is 12.5 Å². The van der Waals surface area contributed by atoms with Gasteiger partial charge in [-0.25, -0.2) is 4.98 Å². The third kappa shape index (κ3) is 3.12. The SMILES string of the molecule is CC(CN)C(=O)NCCc1ccc2c(c1)ncn2C. The van der Waals surface area contributed by atoms with Gasteiger partial charge in [-0.15, -0.1) is 0 Å². The van der Waals surface area contributed by atoms with Crippen LogP contribution < -0.4 is 11.1 Å². The number of aromatic nitrogens is 2. The Morgan fingerprint density at radius 3 is 3.05 bits per heavy atom. The minimum atomic E-state index is -0.127. The summed E-state index contributed by atoms with van der Waals surface area (Å²) in [5.74, 6) is -0.111. The van der Waals surface area contributed by atoms with Crippen LogP contribution in [0.25, 0.3) is 11.0 Å². The zero-order valence-electron chi connectivity index (χ0n) is 11.4. The Morgan fingerprint density at radius 2 is 2.32 bits per heavy atom. The lowest BCUT2D eigenvalue weighted by atomic mass is 10.1. The highest BCUT2D eigenvalue weighted by Crippen LogP contribution is 2.13. The molecule has 5 heteroatoms. The molecule has 0 saturated heterocycles. The number of fused-ring (bicyclic) bond motifs is 1. The second-order valence-corrected chi connectivity index (χ2v) is 4.86. The van der Waals surface area contributed by atoms with Gasteiger partial charge in [-0.2, -0.15) is 0 Å². The number of hydrogen-bond donors (Lipinski definition) is 2. The highest BCUT2D eigenvalue weighted by molar-refractivity contribution is 5.78. The van der Waals surface area contributed by atoms with Crippen molar-refractivity contribution in [1.82, 2.24) is 14.9 Å². The first kappa shape index (κ1) is 13.5. The molecule has 0 saturated carbocycles. The van der Waals surface area contributed by atoms with Crippen LogP contribution in [-0.4, -0.2) is 28.5 Å². The molecule has 5 nitrogen and oxygen atoms in total. The second-order valence-electron chi connectivity index (χ2n) is 4.86. The van der Waals surface area contributed by atoms with Crippen molar-refractivity contribution in [3.8, 4) is 0 Å². The molecule has 0 spiro atoms. The van der Waals surface area contributed by atoms with E-state index < -0.39 is 0 Å². The maximum atomic E-state index is 11.6. The van der Waals surface area contributed by atoms with Crippen molar-refractivity contribution < 1.29 is 4.79 Å². The van der Waals surface area contributed by atoms with Gasteiger partial charge in [0.2, 0.25) is 5.91 Å². The van der Waals surface area contributed by atoms with Gasteiger partial charge in [0.15, 0.2) is 0 Å². The molecule has 1 heterocycles. The van der Waals surface area contributed by atoms with Gasteiger partial charge in [-0.05, 0) is 24.1 Å². The quantitative estimate of drug-likeness (QED) is 0.836. The maximum absolute atomic E-state index is 11.6. The van der Waals surface area contributed by atoms with Crippen molar-refractivity contribution in [2.75, 3.05) is 13.1 Å². The van der Waals surface area contributed by atoms with Crippen LogP contribution in [0, 0.1) is 5.92 Å². The van der Waals surface area contributed by atoms with Crippen molar-refractivity contribution >= 4 is 16.9 Å². The van der Waals surface area contributed by atoms with Gasteiger partial charge < -0.3 is 15.6 Å². The summed E-state index contributed by atoms with van der Waals surface area (Å²) in [6.45, 7) is 2.84. The van der Waals surface area contributed by atoms with Crippen LogP contribution in [-0.2, 0) is 18.3 Å². The van der Waals surface area contributed by atoms with Gasteiger partial charge in [0.1, 0.15) is 0 Å². The second kappa shape index (κ2) is 5.84. The largest absolute Gasteiger partial charge is 0.355 e. The number of nitrogens with one attached hydrogen (secondary N) is 1. The number of aryl methyl sites for hydroxylation is 1. The Hall–Kier alpha value is -1.88. The number of carbonyl (C=O) groups is 1. The summed E-state index contributed by atoms with van der Waals surface area (Å²) < 4.78 is 1.99. The molecule has 2 aromatic rings. The van der Waals surface area contributed by atoms with Crippen molar-refractivity contribution in [2.45, 2.75) is 13.3 Å². The first-order valence-corrected chi connectivity index (χ1v) is 6.49. The third-order valence-corrected chi connectivity index (χ3v) is 3.30. The van der Waals surface area contributed by atoms with Crippen LogP contribution in [0.2, 0.25) is 0 Å². The van der Waals surface area contributed by atoms with Crippen LogP contribution in [0.4, 0.5) is 0 Å². The summed E-state index contributed by atoms with van der Waals surface area (Å²) in [6.07, 6.45) is 2.61. The first-order valence-electron chi connectivity index (χ1n) is 6.49. The van der Waals surface area contributed by atoms with Crippen LogP contribution >= 0.6 is 0 Å². The summed E-state index contributed by atoms with van der Waals surface area (Å²) in [4.78, 5) is 15.9. The van der Waals surface area contributed by atoms with E-state index in [4.69, 9.17) is 5.73 Å². The predicted molar refractivity (Wildman–Crippen MR) is 75.6 cm³/mol. The zero-order chi connectivity index (χ0) is 13.8. The average molecular weight is 260 g/mol. The van der Waals surface area contributed by atoms with E-state index in [1.807, 2.05) is 18.5 Å². The number of benzene rings is 1. The molecule has 0 fully saturated rings. The number of amides is 1. The van der Waals surface area contributed by atoms with Crippen LogP contribution in [0.15, 0.2) is 24.5 Å². The molecule has 3 N–H and O–H groups in total. The molecule has 1 aromatic heterocycles. The highest BCUT2D eigenvalue weighted by Gasteiger charge is 2.09. The van der Waals surface area contributed by atoms with E-state index in [-0.39, 0.29) is 11.8 Å². The average Bonchev–Trinajstić information content (AvgIpc) is 2.79. The smallest absolute Gasteiger partial charge is 0.224 e. The number of rotatable bonds is 5. The Balaban J connectivity index is 1.93. The number of imidazole rings is 1. The van der Waals surface area contributed by atoms with Crippen LogP contribution in [0.5, 0.6) is 0 Å². The molecule has 1 unspecified atom stereocenters. The fraction of sp³-hybridized carbons (Fsp3) is 0.429. The number of hydrogen-bond acceptors (Lipinski definition) is 3. The summed E-state index contributed by atoms with van der Waals surface area (Å²) in [6, 6.07) is 6.19. The molecule has 0 aliphatic rings. The summed E-state index contributed by atoms with van der Waals surface area (Å²) in [5, 5.41) is 2.89. The van der Waals surface area contributed by atoms with Gasteiger partial charge in [0, 0.05) is 26.1 Å². The normalized spacial score (nSPS) is 12.6. The zero-order valence-corrected chi connectivity index (χ0v) is 11.4. The lowest BCUT2D eigenvalue weighted by molar-refractivity contribution is -0.124. The van der Waals surface area contributed by atoms with E-state index in [2.05, 4.69) is 28.5 Å². The molecule has 19 heavy (non-hydrogen) atoms. The molecule has 0 radical (unpaired) electrons. The predicted octanol–water partition coefficient (Wildman–Crippen LogP) is 0.827. The monoisotopic (exact) mass is 260 g/mol. The maximum Gasteiger partial charge on any atom is 0.224 e. The molecule has 2 rings (SSSR count). The van der Waals surface area contributed by atoms with E-state index in [0.717, 1.165) is 17.5 Å². The highest BCUT2D eigenvalue weighted by atomic mass is 16.1. The van der Waals surface area contributed by atoms with Gasteiger partial charge in [0.25, 0.3) is 0 Å². The van der Waals surface area contributed by atoms with Gasteiger partial charge in [-0.3, -0.25) is 4.79 Å². The molecule has 0 bridgehead atoms. The molecule has 0 aliphatic heterocycles. The van der Waals surface area contributed by atoms with Crippen molar-refractivity contribution in [3.05, 3.63) is 30.1 Å². The Kier molecular flexibility index (Phi) is 4.16. The lowest BCUT2D eigenvalue weighted by Gasteiger charge is -2.09. The molecule has 102 valence electrons. The fourth-order valence-electron chi connectivity index (χ4n) is 1.95. The standard InChI is InChI=1S/C14H20N4O/c1-10(8-15)14(19)16-6-5-11-3-4-13-12(7-11)17-9-18(13)2/h3-4,7,9-10H,5-6,8,15H2,1-2H3,(H,16,19). The number of nitrogens with two attached hydrogens (primary N) is 1. The van der Waals surface area contributed by atoms with Crippen LogP contribution in [0.3, 0.4) is 0 Å². The first-order chi connectivity index (χ1) is 9.11. The molecule has 0 aliphatic carbocycles. The van der Waals surface area contributed by atoms with Crippen molar-refractivity contribution in [1.29, 1.82) is 0 Å². The topological polar surface area (TPSA) is 72.9 Å². The molecule has 1 atom stereocenters. The summed E-state index contributed by atoms with van der Waals surface area (Å²) in [7, 11) is 1.98. The Morgan fingerprint density at radius 1 is 1.53 bits per heavy atom. The number of nitrogens with zero attached hydrogens (tertiary/aromatic N) is 2. The molecule has 1 aromatic carbocycles. The van der Waals surface area contributed by atoms with E-state index in [9.17, 15) is 4.79 Å². The third-order valence-electron chi connectivity index (χ3n) is 3.30. The van der Waals surface area contributed by atoms with E-state index in [1.54, 1.807) is 6.33 Å². The van der Waals surface area contributed by atoms with E-state index in [1.165, 1.54) is 5.56 Å². The Bertz CT molecular complexity index is 576. The van der Waals surface area contributed by atoms with Gasteiger partial charge in [-0.1, -0.05) is 13.0 Å².